The summed E-state index contributed by atoms with van der Waals surface area (Å²) in [5, 5.41) is 11.5. The standard InChI is InChI=1S/C23H30O3/c1-5-15(4)16(14(2)3)10-11-20-21(24)13-12-18-17-8-6-7-9-19(17)23(25)26-22(18)20/h12-13,15-16,24H,2,5-11H2,1,3-4H3/t15-,16-/m0/s1. The van der Waals surface area contributed by atoms with Crippen molar-refractivity contribution in [3.05, 3.63) is 51.4 Å². The van der Waals surface area contributed by atoms with Gasteiger partial charge in [-0.05, 0) is 75.0 Å². The molecular formula is C23H30O3. The molecule has 3 heteroatoms. The Kier molecular flexibility index (Phi) is 5.55. The maximum atomic E-state index is 12.5. The number of rotatable bonds is 6. The highest BCUT2D eigenvalue weighted by atomic mass is 16.4. The molecule has 1 aliphatic carbocycles. The van der Waals surface area contributed by atoms with Crippen LogP contribution in [0.4, 0.5) is 0 Å². The molecule has 0 unspecified atom stereocenters. The lowest BCUT2D eigenvalue weighted by Crippen LogP contribution is -2.17. The summed E-state index contributed by atoms with van der Waals surface area (Å²) in [6.07, 6.45) is 6.56. The molecule has 0 spiro atoms. The van der Waals surface area contributed by atoms with E-state index in [-0.39, 0.29) is 11.4 Å². The molecule has 3 nitrogen and oxygen atoms in total. The van der Waals surface area contributed by atoms with Crippen molar-refractivity contribution in [1.29, 1.82) is 0 Å². The summed E-state index contributed by atoms with van der Waals surface area (Å²) >= 11 is 0. The van der Waals surface area contributed by atoms with Crippen molar-refractivity contribution in [2.24, 2.45) is 11.8 Å². The highest BCUT2D eigenvalue weighted by Crippen LogP contribution is 2.35. The van der Waals surface area contributed by atoms with E-state index in [0.717, 1.165) is 60.6 Å². The Morgan fingerprint density at radius 3 is 2.62 bits per heavy atom. The fourth-order valence-electron chi connectivity index (χ4n) is 4.40. The minimum absolute atomic E-state index is 0.223. The Morgan fingerprint density at radius 2 is 1.96 bits per heavy atom. The largest absolute Gasteiger partial charge is 0.508 e. The van der Waals surface area contributed by atoms with E-state index >= 15 is 0 Å². The molecule has 0 saturated heterocycles. The van der Waals surface area contributed by atoms with E-state index in [1.165, 1.54) is 5.57 Å². The molecule has 140 valence electrons. The molecule has 1 heterocycles. The van der Waals surface area contributed by atoms with Crippen LogP contribution in [-0.2, 0) is 19.3 Å². The van der Waals surface area contributed by atoms with Gasteiger partial charge in [0.15, 0.2) is 0 Å². The van der Waals surface area contributed by atoms with Gasteiger partial charge in [0.2, 0.25) is 0 Å². The molecule has 0 radical (unpaired) electrons. The van der Waals surface area contributed by atoms with Crippen molar-refractivity contribution < 1.29 is 9.52 Å². The van der Waals surface area contributed by atoms with Gasteiger partial charge < -0.3 is 9.52 Å². The van der Waals surface area contributed by atoms with E-state index in [1.54, 1.807) is 6.07 Å². The van der Waals surface area contributed by atoms with Crippen LogP contribution in [0.1, 0.15) is 63.1 Å². The van der Waals surface area contributed by atoms with Gasteiger partial charge in [-0.1, -0.05) is 32.4 Å². The summed E-state index contributed by atoms with van der Waals surface area (Å²) in [6.45, 7) is 10.7. The molecule has 3 rings (SSSR count). The molecule has 0 amide bonds. The molecule has 0 saturated carbocycles. The summed E-state index contributed by atoms with van der Waals surface area (Å²) in [7, 11) is 0. The summed E-state index contributed by atoms with van der Waals surface area (Å²) in [5.41, 5.74) is 4.26. The Bertz CT molecular complexity index is 875. The van der Waals surface area contributed by atoms with E-state index < -0.39 is 0 Å². The van der Waals surface area contributed by atoms with Crippen LogP contribution < -0.4 is 5.63 Å². The predicted molar refractivity (Wildman–Crippen MR) is 107 cm³/mol. The van der Waals surface area contributed by atoms with E-state index in [4.69, 9.17) is 4.42 Å². The Balaban J connectivity index is 2.03. The number of hydrogen-bond acceptors (Lipinski definition) is 3. The first-order valence-corrected chi connectivity index (χ1v) is 9.88. The Labute approximate surface area is 155 Å². The van der Waals surface area contributed by atoms with E-state index in [0.29, 0.717) is 23.8 Å². The lowest BCUT2D eigenvalue weighted by atomic mass is 9.82. The van der Waals surface area contributed by atoms with Gasteiger partial charge in [0.05, 0.1) is 0 Å². The lowest BCUT2D eigenvalue weighted by molar-refractivity contribution is 0.372. The lowest BCUT2D eigenvalue weighted by Gasteiger charge is -2.24. The summed E-state index contributed by atoms with van der Waals surface area (Å²) in [4.78, 5) is 12.5. The zero-order chi connectivity index (χ0) is 18.8. The van der Waals surface area contributed by atoms with E-state index in [2.05, 4.69) is 27.4 Å². The molecule has 0 aliphatic heterocycles. The molecule has 2 aromatic rings. The number of phenols is 1. The van der Waals surface area contributed by atoms with Gasteiger partial charge in [0, 0.05) is 16.5 Å². The first-order chi connectivity index (χ1) is 12.4. The Hall–Kier alpha value is -2.03. The van der Waals surface area contributed by atoms with Crippen molar-refractivity contribution in [3.8, 4) is 5.75 Å². The number of benzene rings is 1. The van der Waals surface area contributed by atoms with Crippen LogP contribution in [0.25, 0.3) is 11.0 Å². The number of hydrogen-bond donors (Lipinski definition) is 1. The van der Waals surface area contributed by atoms with Crippen LogP contribution in [0.5, 0.6) is 5.75 Å². The van der Waals surface area contributed by atoms with Crippen LogP contribution in [-0.4, -0.2) is 5.11 Å². The third-order valence-electron chi connectivity index (χ3n) is 6.14. The summed E-state index contributed by atoms with van der Waals surface area (Å²) in [5.74, 6) is 1.17. The van der Waals surface area contributed by atoms with Crippen LogP contribution in [0, 0.1) is 11.8 Å². The van der Waals surface area contributed by atoms with Crippen molar-refractivity contribution in [2.45, 2.75) is 65.7 Å². The van der Waals surface area contributed by atoms with Crippen LogP contribution in [0.15, 0.2) is 33.5 Å². The van der Waals surface area contributed by atoms with Crippen molar-refractivity contribution in [3.63, 3.8) is 0 Å². The fraction of sp³-hybridized carbons (Fsp3) is 0.522. The molecule has 1 aromatic carbocycles. The molecule has 0 bridgehead atoms. The normalized spacial score (nSPS) is 16.3. The molecule has 1 N–H and O–H groups in total. The highest BCUT2D eigenvalue weighted by molar-refractivity contribution is 5.86. The van der Waals surface area contributed by atoms with E-state index in [1.807, 2.05) is 6.07 Å². The summed E-state index contributed by atoms with van der Waals surface area (Å²) < 4.78 is 5.71. The maximum absolute atomic E-state index is 12.5. The quantitative estimate of drug-likeness (QED) is 0.547. The number of allylic oxidation sites excluding steroid dienone is 1. The third kappa shape index (κ3) is 3.44. The van der Waals surface area contributed by atoms with Gasteiger partial charge in [-0.3, -0.25) is 0 Å². The predicted octanol–water partition coefficient (Wildman–Crippen LogP) is 5.55. The van der Waals surface area contributed by atoms with Crippen LogP contribution >= 0.6 is 0 Å². The molecule has 0 fully saturated rings. The fourth-order valence-corrected chi connectivity index (χ4v) is 4.40. The zero-order valence-corrected chi connectivity index (χ0v) is 16.2. The molecule has 2 atom stereocenters. The smallest absolute Gasteiger partial charge is 0.339 e. The minimum Gasteiger partial charge on any atom is -0.508 e. The molecular weight excluding hydrogens is 324 g/mol. The second kappa shape index (κ2) is 7.69. The number of aromatic hydroxyl groups is 1. The average molecular weight is 354 g/mol. The molecule has 1 aromatic heterocycles. The zero-order valence-electron chi connectivity index (χ0n) is 16.2. The van der Waals surface area contributed by atoms with Crippen LogP contribution in [0.3, 0.4) is 0 Å². The monoisotopic (exact) mass is 354 g/mol. The van der Waals surface area contributed by atoms with Gasteiger partial charge in [-0.15, -0.1) is 0 Å². The van der Waals surface area contributed by atoms with Gasteiger partial charge >= 0.3 is 5.63 Å². The minimum atomic E-state index is -0.225. The van der Waals surface area contributed by atoms with Gasteiger partial charge in [-0.25, -0.2) is 4.79 Å². The summed E-state index contributed by atoms with van der Waals surface area (Å²) in [6, 6.07) is 3.66. The SMILES string of the molecule is C=C(C)[C@H](CCc1c(O)ccc2c3c(c(=O)oc12)CCCC3)[C@@H](C)CC. The molecule has 1 aliphatic rings. The number of aryl methyl sites for hydroxylation is 2. The maximum Gasteiger partial charge on any atom is 0.339 e. The van der Waals surface area contributed by atoms with Crippen molar-refractivity contribution in [2.75, 3.05) is 0 Å². The van der Waals surface area contributed by atoms with Crippen LogP contribution in [0.2, 0.25) is 0 Å². The van der Waals surface area contributed by atoms with Crippen molar-refractivity contribution in [1.82, 2.24) is 0 Å². The van der Waals surface area contributed by atoms with Crippen molar-refractivity contribution >= 4 is 11.0 Å². The highest BCUT2D eigenvalue weighted by Gasteiger charge is 2.22. The first-order valence-electron chi connectivity index (χ1n) is 9.88. The first kappa shape index (κ1) is 18.8. The average Bonchev–Trinajstić information content (AvgIpc) is 2.63. The van der Waals surface area contributed by atoms with Gasteiger partial charge in [-0.2, -0.15) is 0 Å². The molecule has 26 heavy (non-hydrogen) atoms. The second-order valence-electron chi connectivity index (χ2n) is 7.87. The van der Waals surface area contributed by atoms with Gasteiger partial charge in [0.1, 0.15) is 11.3 Å². The topological polar surface area (TPSA) is 50.4 Å². The Morgan fingerprint density at radius 1 is 1.27 bits per heavy atom. The van der Waals surface area contributed by atoms with Gasteiger partial charge in [0.25, 0.3) is 0 Å². The number of phenolic OH excluding ortho intramolecular Hbond substituents is 1. The second-order valence-corrected chi connectivity index (χ2v) is 7.87. The third-order valence-corrected chi connectivity index (χ3v) is 6.14. The number of fused-ring (bicyclic) bond motifs is 3. The van der Waals surface area contributed by atoms with E-state index in [9.17, 15) is 9.90 Å².